The number of amides is 1. The molecule has 1 aliphatic heterocycles. The number of hydroxylamine groups is 1. The molecule has 0 saturated carbocycles. The minimum absolute atomic E-state index is 0.326. The first-order valence-electron chi connectivity index (χ1n) is 3.09. The number of nitrogens with one attached hydrogen (secondary N) is 2. The molecule has 5 nitrogen and oxygen atoms in total. The maximum Gasteiger partial charge on any atom is 0.262 e. The normalized spacial score (nSPS) is 25.9. The molecule has 0 aromatic carbocycles. The summed E-state index contributed by atoms with van der Waals surface area (Å²) in [5, 5.41) is 11.1. The Balaban J connectivity index is 2.31. The Bertz CT molecular complexity index is 122. The van der Waals surface area contributed by atoms with E-state index in [1.165, 1.54) is 0 Å². The highest BCUT2D eigenvalue weighted by atomic mass is 16.5. The highest BCUT2D eigenvalue weighted by Crippen LogP contribution is 1.91. The molecule has 1 heterocycles. The van der Waals surface area contributed by atoms with Gasteiger partial charge < -0.3 is 10.1 Å². The molecular weight excluding hydrogens is 136 g/mol. The summed E-state index contributed by atoms with van der Waals surface area (Å²) in [6.45, 7) is 1.60. The molecule has 1 saturated heterocycles. The molecule has 0 bridgehead atoms. The van der Waals surface area contributed by atoms with Crippen LogP contribution >= 0.6 is 0 Å². The zero-order valence-corrected chi connectivity index (χ0v) is 5.46. The molecule has 1 atom stereocenters. The number of carbonyl (C=O) groups excluding carboxylic acids is 1. The van der Waals surface area contributed by atoms with E-state index in [1.54, 1.807) is 5.48 Å². The third-order valence-corrected chi connectivity index (χ3v) is 1.35. The molecule has 1 aliphatic rings. The van der Waals surface area contributed by atoms with Gasteiger partial charge in [-0.3, -0.25) is 10.0 Å². The van der Waals surface area contributed by atoms with Crippen molar-refractivity contribution in [2.75, 3.05) is 19.8 Å². The van der Waals surface area contributed by atoms with E-state index in [4.69, 9.17) is 9.94 Å². The molecule has 5 heteroatoms. The maximum absolute atomic E-state index is 10.7. The highest BCUT2D eigenvalue weighted by Gasteiger charge is 2.19. The highest BCUT2D eigenvalue weighted by molar-refractivity contribution is 5.80. The molecule has 0 aliphatic carbocycles. The van der Waals surface area contributed by atoms with Crippen LogP contribution in [-0.4, -0.2) is 36.9 Å². The van der Waals surface area contributed by atoms with E-state index in [1.807, 2.05) is 0 Å². The van der Waals surface area contributed by atoms with Gasteiger partial charge in [0.2, 0.25) is 0 Å². The van der Waals surface area contributed by atoms with Crippen LogP contribution in [-0.2, 0) is 9.53 Å². The molecule has 0 aromatic rings. The molecule has 1 rings (SSSR count). The Labute approximate surface area is 58.3 Å². The molecule has 0 aromatic heterocycles. The smallest absolute Gasteiger partial charge is 0.262 e. The van der Waals surface area contributed by atoms with Gasteiger partial charge in [0.1, 0.15) is 6.04 Å². The molecule has 3 N–H and O–H groups in total. The fourth-order valence-corrected chi connectivity index (χ4v) is 0.812. The van der Waals surface area contributed by atoms with Gasteiger partial charge in [0.05, 0.1) is 13.2 Å². The van der Waals surface area contributed by atoms with Gasteiger partial charge in [0.15, 0.2) is 0 Å². The number of hydrogen-bond acceptors (Lipinski definition) is 4. The van der Waals surface area contributed by atoms with Crippen molar-refractivity contribution in [1.29, 1.82) is 0 Å². The predicted molar refractivity (Wildman–Crippen MR) is 32.5 cm³/mol. The lowest BCUT2D eigenvalue weighted by atomic mass is 10.3. The van der Waals surface area contributed by atoms with Gasteiger partial charge in [-0.25, -0.2) is 5.48 Å². The average molecular weight is 146 g/mol. The fraction of sp³-hybridized carbons (Fsp3) is 0.800. The molecule has 1 amide bonds. The summed E-state index contributed by atoms with van der Waals surface area (Å²) in [6, 6.07) is -0.404. The summed E-state index contributed by atoms with van der Waals surface area (Å²) in [6.07, 6.45) is 0. The van der Waals surface area contributed by atoms with Gasteiger partial charge in [-0.15, -0.1) is 0 Å². The van der Waals surface area contributed by atoms with E-state index in [-0.39, 0.29) is 0 Å². The van der Waals surface area contributed by atoms with Gasteiger partial charge in [-0.05, 0) is 0 Å². The lowest BCUT2D eigenvalue weighted by Crippen LogP contribution is -2.50. The zero-order valence-electron chi connectivity index (χ0n) is 5.46. The topological polar surface area (TPSA) is 70.6 Å². The predicted octanol–water partition coefficient (Wildman–Crippen LogP) is -1.52. The Morgan fingerprint density at radius 1 is 1.80 bits per heavy atom. The summed E-state index contributed by atoms with van der Waals surface area (Å²) in [5.74, 6) is -0.445. The van der Waals surface area contributed by atoms with E-state index in [9.17, 15) is 4.79 Å². The molecule has 0 spiro atoms. The first-order valence-corrected chi connectivity index (χ1v) is 3.09. The second kappa shape index (κ2) is 3.50. The number of carbonyl (C=O) groups is 1. The van der Waals surface area contributed by atoms with Crippen LogP contribution in [0.1, 0.15) is 0 Å². The monoisotopic (exact) mass is 146 g/mol. The standard InChI is InChI=1S/C5H10N2O3/c8-5(7-9)4-3-10-2-1-6-4/h4,6,9H,1-3H2,(H,7,8). The summed E-state index contributed by atoms with van der Waals surface area (Å²) < 4.78 is 4.97. The molecular formula is C5H10N2O3. The SMILES string of the molecule is O=C(NO)C1COCCN1. The van der Waals surface area contributed by atoms with E-state index in [2.05, 4.69) is 5.32 Å². The van der Waals surface area contributed by atoms with E-state index in [0.717, 1.165) is 0 Å². The van der Waals surface area contributed by atoms with Crippen LogP contribution in [0.2, 0.25) is 0 Å². The molecule has 1 unspecified atom stereocenters. The molecule has 0 radical (unpaired) electrons. The Kier molecular flexibility index (Phi) is 2.61. The summed E-state index contributed by atoms with van der Waals surface area (Å²) in [7, 11) is 0. The van der Waals surface area contributed by atoms with Crippen molar-refractivity contribution in [3.63, 3.8) is 0 Å². The minimum atomic E-state index is -0.445. The fourth-order valence-electron chi connectivity index (χ4n) is 0.812. The van der Waals surface area contributed by atoms with Gasteiger partial charge in [-0.2, -0.15) is 0 Å². The second-order valence-corrected chi connectivity index (χ2v) is 2.06. The Morgan fingerprint density at radius 3 is 3.10 bits per heavy atom. The zero-order chi connectivity index (χ0) is 7.40. The van der Waals surface area contributed by atoms with E-state index < -0.39 is 11.9 Å². The molecule has 10 heavy (non-hydrogen) atoms. The first-order chi connectivity index (χ1) is 4.84. The van der Waals surface area contributed by atoms with Crippen LogP contribution < -0.4 is 10.8 Å². The quantitative estimate of drug-likeness (QED) is 0.310. The van der Waals surface area contributed by atoms with Crippen LogP contribution in [0.5, 0.6) is 0 Å². The van der Waals surface area contributed by atoms with Crippen molar-refractivity contribution < 1.29 is 14.7 Å². The molecule has 1 fully saturated rings. The van der Waals surface area contributed by atoms with Crippen LogP contribution in [0, 0.1) is 0 Å². The summed E-state index contributed by atoms with van der Waals surface area (Å²) in [4.78, 5) is 10.7. The van der Waals surface area contributed by atoms with Crippen LogP contribution in [0.25, 0.3) is 0 Å². The van der Waals surface area contributed by atoms with Crippen molar-refractivity contribution in [2.24, 2.45) is 0 Å². The number of hydrogen-bond donors (Lipinski definition) is 3. The van der Waals surface area contributed by atoms with Gasteiger partial charge in [-0.1, -0.05) is 0 Å². The van der Waals surface area contributed by atoms with E-state index in [0.29, 0.717) is 19.8 Å². The van der Waals surface area contributed by atoms with Crippen molar-refractivity contribution in [2.45, 2.75) is 6.04 Å². The van der Waals surface area contributed by atoms with Crippen molar-refractivity contribution in [3.05, 3.63) is 0 Å². The van der Waals surface area contributed by atoms with Crippen LogP contribution in [0.4, 0.5) is 0 Å². The van der Waals surface area contributed by atoms with Crippen molar-refractivity contribution in [3.8, 4) is 0 Å². The van der Waals surface area contributed by atoms with Gasteiger partial charge in [0, 0.05) is 6.54 Å². The van der Waals surface area contributed by atoms with Gasteiger partial charge in [0.25, 0.3) is 5.91 Å². The third-order valence-electron chi connectivity index (χ3n) is 1.35. The number of ether oxygens (including phenoxy) is 1. The lowest BCUT2D eigenvalue weighted by molar-refractivity contribution is -0.134. The van der Waals surface area contributed by atoms with Crippen LogP contribution in [0.3, 0.4) is 0 Å². The third kappa shape index (κ3) is 1.66. The van der Waals surface area contributed by atoms with E-state index >= 15 is 0 Å². The maximum atomic E-state index is 10.7. The lowest BCUT2D eigenvalue weighted by Gasteiger charge is -2.21. The second-order valence-electron chi connectivity index (χ2n) is 2.06. The Morgan fingerprint density at radius 2 is 2.60 bits per heavy atom. The van der Waals surface area contributed by atoms with Crippen molar-refractivity contribution >= 4 is 5.91 Å². The summed E-state index contributed by atoms with van der Waals surface area (Å²) in [5.41, 5.74) is 1.55. The summed E-state index contributed by atoms with van der Waals surface area (Å²) >= 11 is 0. The van der Waals surface area contributed by atoms with Crippen molar-refractivity contribution in [1.82, 2.24) is 10.8 Å². The van der Waals surface area contributed by atoms with Gasteiger partial charge >= 0.3 is 0 Å². The minimum Gasteiger partial charge on any atom is -0.378 e. The first kappa shape index (κ1) is 7.46. The number of rotatable bonds is 1. The largest absolute Gasteiger partial charge is 0.378 e. The van der Waals surface area contributed by atoms with Crippen LogP contribution in [0.15, 0.2) is 0 Å². The molecule has 58 valence electrons. The number of morpholine rings is 1. The Hall–Kier alpha value is -0.650. The average Bonchev–Trinajstić information content (AvgIpc) is 2.05.